The van der Waals surface area contributed by atoms with Gasteiger partial charge in [0.25, 0.3) is 5.91 Å². The van der Waals surface area contributed by atoms with E-state index in [0.717, 1.165) is 35.3 Å². The van der Waals surface area contributed by atoms with Crippen LogP contribution in [0.1, 0.15) is 40.7 Å². The van der Waals surface area contributed by atoms with E-state index in [1.165, 1.54) is 23.5 Å². The number of hydrogen-bond donors (Lipinski definition) is 1. The second-order valence-corrected chi connectivity index (χ2v) is 9.05. The van der Waals surface area contributed by atoms with Crippen LogP contribution in [0, 0.1) is 25.6 Å². The first-order valence-electron chi connectivity index (χ1n) is 10.7. The molecule has 0 atom stereocenters. The Labute approximate surface area is 190 Å². The number of ether oxygens (including phenoxy) is 1. The van der Waals surface area contributed by atoms with Gasteiger partial charge in [-0.1, -0.05) is 23.5 Å². The number of rotatable bonds is 9. The predicted molar refractivity (Wildman–Crippen MR) is 123 cm³/mol. The maximum atomic E-state index is 14.3. The minimum atomic E-state index is -0.536. The Bertz CT molecular complexity index is 1090. The molecule has 1 saturated carbocycles. The lowest BCUT2D eigenvalue weighted by Crippen LogP contribution is -2.33. The smallest absolute Gasteiger partial charge is 0.263 e. The topological polar surface area (TPSA) is 75.6 Å². The SMILES string of the molecule is Cc1cc(-c2nnc(N(CC3CC3)C(=O)c3ccccc3F)s2)cc(C)c1OCCCO. The van der Waals surface area contributed by atoms with Crippen LogP contribution in [0.15, 0.2) is 36.4 Å². The summed E-state index contributed by atoms with van der Waals surface area (Å²) in [5.41, 5.74) is 2.86. The summed E-state index contributed by atoms with van der Waals surface area (Å²) < 4.78 is 20.1. The van der Waals surface area contributed by atoms with E-state index >= 15 is 0 Å². The van der Waals surface area contributed by atoms with Gasteiger partial charge in [0.05, 0.1) is 12.2 Å². The molecule has 0 unspecified atom stereocenters. The van der Waals surface area contributed by atoms with E-state index < -0.39 is 11.7 Å². The molecule has 1 heterocycles. The number of hydrogen-bond acceptors (Lipinski definition) is 6. The van der Waals surface area contributed by atoms with Gasteiger partial charge in [0.2, 0.25) is 5.13 Å². The molecule has 0 radical (unpaired) electrons. The summed E-state index contributed by atoms with van der Waals surface area (Å²) in [6.07, 6.45) is 2.69. The molecule has 1 aliphatic rings. The van der Waals surface area contributed by atoms with Crippen molar-refractivity contribution in [1.82, 2.24) is 10.2 Å². The molecule has 0 saturated heterocycles. The van der Waals surface area contributed by atoms with Gasteiger partial charge in [-0.25, -0.2) is 4.39 Å². The molecule has 0 bridgehead atoms. The molecular weight excluding hydrogens is 429 g/mol. The molecule has 2 aromatic carbocycles. The number of nitrogens with zero attached hydrogens (tertiary/aromatic N) is 3. The third-order valence-corrected chi connectivity index (χ3v) is 6.38. The second kappa shape index (κ2) is 9.75. The summed E-state index contributed by atoms with van der Waals surface area (Å²) in [5.74, 6) is 0.290. The number of anilines is 1. The summed E-state index contributed by atoms with van der Waals surface area (Å²) in [6.45, 7) is 4.99. The minimum absolute atomic E-state index is 0.0426. The third-order valence-electron chi connectivity index (χ3n) is 5.39. The van der Waals surface area contributed by atoms with Gasteiger partial charge in [-0.15, -0.1) is 10.2 Å². The first kappa shape index (κ1) is 22.4. The first-order valence-corrected chi connectivity index (χ1v) is 11.5. The Morgan fingerprint density at radius 3 is 2.59 bits per heavy atom. The number of halogens is 1. The van der Waals surface area contributed by atoms with E-state index in [1.54, 1.807) is 17.0 Å². The maximum absolute atomic E-state index is 14.3. The highest BCUT2D eigenvalue weighted by molar-refractivity contribution is 7.18. The van der Waals surface area contributed by atoms with Crippen LogP contribution in [0.25, 0.3) is 10.6 Å². The summed E-state index contributed by atoms with van der Waals surface area (Å²) >= 11 is 1.32. The van der Waals surface area contributed by atoms with E-state index in [0.29, 0.717) is 35.6 Å². The monoisotopic (exact) mass is 455 g/mol. The number of amides is 1. The zero-order chi connectivity index (χ0) is 22.7. The molecule has 6 nitrogen and oxygen atoms in total. The lowest BCUT2D eigenvalue weighted by atomic mass is 10.1. The van der Waals surface area contributed by atoms with Crippen molar-refractivity contribution in [2.24, 2.45) is 5.92 Å². The second-order valence-electron chi connectivity index (χ2n) is 8.09. The van der Waals surface area contributed by atoms with Crippen LogP contribution in [0.3, 0.4) is 0 Å². The lowest BCUT2D eigenvalue weighted by molar-refractivity contribution is 0.0981. The van der Waals surface area contributed by atoms with Crippen molar-refractivity contribution in [3.05, 3.63) is 58.9 Å². The van der Waals surface area contributed by atoms with Crippen molar-refractivity contribution in [2.45, 2.75) is 33.1 Å². The average Bonchev–Trinajstić information content (AvgIpc) is 3.47. The highest BCUT2D eigenvalue weighted by atomic mass is 32.1. The first-order chi connectivity index (χ1) is 15.5. The molecule has 0 spiro atoms. The fraction of sp³-hybridized carbons (Fsp3) is 0.375. The van der Waals surface area contributed by atoms with Crippen molar-refractivity contribution < 1.29 is 19.0 Å². The van der Waals surface area contributed by atoms with Gasteiger partial charge in [0, 0.05) is 25.1 Å². The number of aryl methyl sites for hydroxylation is 2. The highest BCUT2D eigenvalue weighted by Crippen LogP contribution is 2.37. The fourth-order valence-corrected chi connectivity index (χ4v) is 4.41. The zero-order valence-electron chi connectivity index (χ0n) is 18.2. The van der Waals surface area contributed by atoms with Gasteiger partial charge in [-0.3, -0.25) is 9.69 Å². The van der Waals surface area contributed by atoms with Gasteiger partial charge in [0.1, 0.15) is 16.6 Å². The van der Waals surface area contributed by atoms with Crippen LogP contribution < -0.4 is 9.64 Å². The summed E-state index contributed by atoms with van der Waals surface area (Å²) in [4.78, 5) is 14.7. The molecule has 4 rings (SSSR count). The molecule has 1 fully saturated rings. The summed E-state index contributed by atoms with van der Waals surface area (Å²) in [7, 11) is 0. The van der Waals surface area contributed by atoms with E-state index in [4.69, 9.17) is 9.84 Å². The Balaban J connectivity index is 1.61. The van der Waals surface area contributed by atoms with Crippen molar-refractivity contribution in [1.29, 1.82) is 0 Å². The normalized spacial score (nSPS) is 13.2. The molecular formula is C24H26FN3O3S. The zero-order valence-corrected chi connectivity index (χ0v) is 19.0. The lowest BCUT2D eigenvalue weighted by Gasteiger charge is -2.19. The average molecular weight is 456 g/mol. The van der Waals surface area contributed by atoms with Gasteiger partial charge < -0.3 is 9.84 Å². The molecule has 1 N–H and O–H groups in total. The van der Waals surface area contributed by atoms with E-state index in [-0.39, 0.29) is 12.2 Å². The van der Waals surface area contributed by atoms with E-state index in [1.807, 2.05) is 26.0 Å². The Morgan fingerprint density at radius 1 is 1.22 bits per heavy atom. The van der Waals surface area contributed by atoms with Crippen molar-refractivity contribution >= 4 is 22.4 Å². The number of aromatic nitrogens is 2. The fourth-order valence-electron chi connectivity index (χ4n) is 3.57. The van der Waals surface area contributed by atoms with Gasteiger partial charge in [0.15, 0.2) is 0 Å². The Kier molecular flexibility index (Phi) is 6.81. The largest absolute Gasteiger partial charge is 0.493 e. The molecule has 8 heteroatoms. The number of carbonyl (C=O) groups excluding carboxylic acids is 1. The van der Waals surface area contributed by atoms with Crippen LogP contribution in [0.4, 0.5) is 9.52 Å². The Morgan fingerprint density at radius 2 is 1.94 bits per heavy atom. The van der Waals surface area contributed by atoms with Crippen molar-refractivity contribution in [2.75, 3.05) is 24.7 Å². The predicted octanol–water partition coefficient (Wildman–Crippen LogP) is 4.78. The molecule has 3 aromatic rings. The summed E-state index contributed by atoms with van der Waals surface area (Å²) in [5, 5.41) is 18.7. The molecule has 1 aromatic heterocycles. The van der Waals surface area contributed by atoms with Crippen molar-refractivity contribution in [3.63, 3.8) is 0 Å². The maximum Gasteiger partial charge on any atom is 0.263 e. The van der Waals surface area contributed by atoms with Crippen LogP contribution >= 0.6 is 11.3 Å². The van der Waals surface area contributed by atoms with E-state index in [2.05, 4.69) is 10.2 Å². The van der Waals surface area contributed by atoms with Crippen LogP contribution in [0.2, 0.25) is 0 Å². The molecule has 1 amide bonds. The minimum Gasteiger partial charge on any atom is -0.493 e. The summed E-state index contributed by atoms with van der Waals surface area (Å²) in [6, 6.07) is 9.99. The number of aliphatic hydroxyl groups is 1. The van der Waals surface area contributed by atoms with Gasteiger partial charge >= 0.3 is 0 Å². The highest BCUT2D eigenvalue weighted by Gasteiger charge is 2.31. The Hall–Kier alpha value is -2.84. The molecule has 32 heavy (non-hydrogen) atoms. The number of benzene rings is 2. The molecule has 168 valence electrons. The van der Waals surface area contributed by atoms with Crippen molar-refractivity contribution in [3.8, 4) is 16.3 Å². The van der Waals surface area contributed by atoms with Crippen LogP contribution in [-0.2, 0) is 0 Å². The van der Waals surface area contributed by atoms with Crippen LogP contribution in [0.5, 0.6) is 5.75 Å². The number of carbonyl (C=O) groups is 1. The molecule has 1 aliphatic carbocycles. The molecule has 0 aliphatic heterocycles. The quantitative estimate of drug-likeness (QED) is 0.470. The van der Waals surface area contributed by atoms with E-state index in [9.17, 15) is 9.18 Å². The van der Waals surface area contributed by atoms with Gasteiger partial charge in [-0.05, 0) is 68.0 Å². The van der Waals surface area contributed by atoms with Gasteiger partial charge in [-0.2, -0.15) is 0 Å². The number of aliphatic hydroxyl groups excluding tert-OH is 1. The third kappa shape index (κ3) is 4.97. The standard InChI is InChI=1S/C24H26FN3O3S/c1-15-12-18(13-16(2)21(15)31-11-5-10-29)22-26-27-24(32-22)28(14-17-8-9-17)23(30)19-6-3-4-7-20(19)25/h3-4,6-7,12-13,17,29H,5,8-11,14H2,1-2H3. The van der Waals surface area contributed by atoms with Crippen LogP contribution in [-0.4, -0.2) is 41.0 Å².